The second-order valence-electron chi connectivity index (χ2n) is 4.12. The van der Waals surface area contributed by atoms with Crippen LogP contribution in [0, 0.1) is 0 Å². The lowest BCUT2D eigenvalue weighted by Crippen LogP contribution is -2.39. The van der Waals surface area contributed by atoms with Crippen LogP contribution in [-0.4, -0.2) is 45.8 Å². The van der Waals surface area contributed by atoms with Crippen molar-refractivity contribution in [1.82, 2.24) is 4.90 Å². The van der Waals surface area contributed by atoms with Crippen LogP contribution in [0.25, 0.3) is 0 Å². The van der Waals surface area contributed by atoms with Gasteiger partial charge in [0.1, 0.15) is 0 Å². The number of rotatable bonds is 1. The van der Waals surface area contributed by atoms with Gasteiger partial charge in [-0.25, -0.2) is 0 Å². The predicted octanol–water partition coefficient (Wildman–Crippen LogP) is -0.0695. The van der Waals surface area contributed by atoms with Crippen LogP contribution in [0.1, 0.15) is 19.3 Å². The third-order valence-electron chi connectivity index (χ3n) is 3.13. The molecular weight excluding hydrogens is 184 g/mol. The first-order chi connectivity index (χ1) is 6.25. The van der Waals surface area contributed by atoms with Gasteiger partial charge in [0.05, 0.1) is 0 Å². The summed E-state index contributed by atoms with van der Waals surface area (Å²) in [6.45, 7) is 2.20. The van der Waals surface area contributed by atoms with Crippen LogP contribution in [0.3, 0.4) is 0 Å². The average molecular weight is 202 g/mol. The molecule has 0 aromatic carbocycles. The number of nitrogens with zero attached hydrogens (tertiary/aromatic N) is 1. The highest BCUT2D eigenvalue weighted by Gasteiger charge is 2.28. The monoisotopic (exact) mass is 202 g/mol. The van der Waals surface area contributed by atoms with Crippen molar-refractivity contribution in [1.29, 1.82) is 0 Å². The van der Waals surface area contributed by atoms with Gasteiger partial charge in [-0.05, 0) is 19.3 Å². The van der Waals surface area contributed by atoms with Gasteiger partial charge in [-0.1, -0.05) is 0 Å². The van der Waals surface area contributed by atoms with Crippen molar-refractivity contribution in [3.05, 3.63) is 0 Å². The summed E-state index contributed by atoms with van der Waals surface area (Å²) >= 11 is 0. The van der Waals surface area contributed by atoms with E-state index in [9.17, 15) is 4.21 Å². The van der Waals surface area contributed by atoms with E-state index in [1.807, 2.05) is 0 Å². The van der Waals surface area contributed by atoms with Gasteiger partial charge in [-0.2, -0.15) is 0 Å². The fourth-order valence-electron chi connectivity index (χ4n) is 2.29. The van der Waals surface area contributed by atoms with Crippen molar-refractivity contribution < 1.29 is 4.21 Å². The zero-order valence-corrected chi connectivity index (χ0v) is 8.76. The van der Waals surface area contributed by atoms with Gasteiger partial charge < -0.3 is 5.73 Å². The minimum absolute atomic E-state index is 0.382. The van der Waals surface area contributed by atoms with Gasteiger partial charge in [-0.3, -0.25) is 9.11 Å². The van der Waals surface area contributed by atoms with E-state index in [1.165, 1.54) is 0 Å². The summed E-state index contributed by atoms with van der Waals surface area (Å²) in [5.41, 5.74) is 5.86. The van der Waals surface area contributed by atoms with Gasteiger partial charge in [0.25, 0.3) is 0 Å². The maximum absolute atomic E-state index is 11.2. The molecule has 2 heterocycles. The van der Waals surface area contributed by atoms with Crippen LogP contribution in [-0.2, 0) is 10.8 Å². The largest absolute Gasteiger partial charge is 0.326 e. The normalized spacial score (nSPS) is 42.4. The highest BCUT2D eigenvalue weighted by atomic mass is 32.2. The molecule has 3 nitrogen and oxygen atoms in total. The molecule has 2 aliphatic heterocycles. The molecule has 0 radical (unpaired) electrons. The van der Waals surface area contributed by atoms with Crippen LogP contribution < -0.4 is 5.73 Å². The first-order valence-electron chi connectivity index (χ1n) is 5.10. The molecule has 0 spiro atoms. The smallest absolute Gasteiger partial charge is 0.0249 e. The van der Waals surface area contributed by atoms with Crippen molar-refractivity contribution in [2.24, 2.45) is 5.73 Å². The summed E-state index contributed by atoms with van der Waals surface area (Å²) in [5, 5.41) is 0. The number of hydrogen-bond donors (Lipinski definition) is 1. The van der Waals surface area contributed by atoms with Crippen molar-refractivity contribution in [2.75, 3.05) is 24.6 Å². The average Bonchev–Trinajstić information content (AvgIpc) is 2.53. The van der Waals surface area contributed by atoms with E-state index < -0.39 is 10.8 Å². The molecule has 0 saturated carbocycles. The first-order valence-corrected chi connectivity index (χ1v) is 6.59. The summed E-state index contributed by atoms with van der Waals surface area (Å²) in [5.74, 6) is 1.80. The molecule has 2 rings (SSSR count). The van der Waals surface area contributed by atoms with Crippen molar-refractivity contribution in [2.45, 2.75) is 31.3 Å². The van der Waals surface area contributed by atoms with E-state index >= 15 is 0 Å². The summed E-state index contributed by atoms with van der Waals surface area (Å²) in [6, 6.07) is 1.05. The van der Waals surface area contributed by atoms with E-state index in [-0.39, 0.29) is 0 Å². The van der Waals surface area contributed by atoms with Crippen LogP contribution in [0.4, 0.5) is 0 Å². The van der Waals surface area contributed by atoms with Gasteiger partial charge in [0.15, 0.2) is 0 Å². The summed E-state index contributed by atoms with van der Waals surface area (Å²) in [6.07, 6.45) is 3.36. The van der Waals surface area contributed by atoms with Crippen molar-refractivity contribution in [3.63, 3.8) is 0 Å². The van der Waals surface area contributed by atoms with Crippen LogP contribution >= 0.6 is 0 Å². The lowest BCUT2D eigenvalue weighted by Gasteiger charge is -2.30. The highest BCUT2D eigenvalue weighted by molar-refractivity contribution is 7.85. The highest BCUT2D eigenvalue weighted by Crippen LogP contribution is 2.20. The van der Waals surface area contributed by atoms with E-state index in [0.717, 1.165) is 43.9 Å². The van der Waals surface area contributed by atoms with Gasteiger partial charge in [-0.15, -0.1) is 0 Å². The standard InChI is InChI=1S/C9H18N2OS/c10-8-1-4-11(7-8)9-2-5-13(12)6-3-9/h8-9H,1-7,10H2. The summed E-state index contributed by atoms with van der Waals surface area (Å²) < 4.78 is 11.2. The summed E-state index contributed by atoms with van der Waals surface area (Å²) in [4.78, 5) is 2.49. The molecule has 1 atom stereocenters. The topological polar surface area (TPSA) is 46.3 Å². The molecular formula is C9H18N2OS. The molecule has 0 aliphatic carbocycles. The lowest BCUT2D eigenvalue weighted by atomic mass is 10.1. The second kappa shape index (κ2) is 4.07. The van der Waals surface area contributed by atoms with Gasteiger partial charge in [0.2, 0.25) is 0 Å². The van der Waals surface area contributed by atoms with Crippen molar-refractivity contribution in [3.8, 4) is 0 Å². The van der Waals surface area contributed by atoms with E-state index in [2.05, 4.69) is 4.90 Å². The Morgan fingerprint density at radius 1 is 1.23 bits per heavy atom. The zero-order chi connectivity index (χ0) is 9.26. The number of nitrogens with two attached hydrogens (primary N) is 1. The molecule has 2 N–H and O–H groups in total. The molecule has 0 aromatic rings. The van der Waals surface area contributed by atoms with E-state index in [4.69, 9.17) is 5.73 Å². The minimum Gasteiger partial charge on any atom is -0.326 e. The summed E-state index contributed by atoms with van der Waals surface area (Å²) in [7, 11) is -0.528. The SMILES string of the molecule is NC1CCN(C2CCS(=O)CC2)C1. The minimum atomic E-state index is -0.528. The maximum Gasteiger partial charge on any atom is 0.0249 e. The third kappa shape index (κ3) is 2.30. The molecule has 2 saturated heterocycles. The van der Waals surface area contributed by atoms with Crippen LogP contribution in [0.2, 0.25) is 0 Å². The van der Waals surface area contributed by atoms with Crippen LogP contribution in [0.5, 0.6) is 0 Å². The molecule has 76 valence electrons. The van der Waals surface area contributed by atoms with Gasteiger partial charge in [0, 0.05) is 47.5 Å². The molecule has 2 aliphatic rings. The molecule has 0 bridgehead atoms. The van der Waals surface area contributed by atoms with Crippen molar-refractivity contribution >= 4 is 10.8 Å². The Morgan fingerprint density at radius 2 is 1.92 bits per heavy atom. The molecule has 4 heteroatoms. The number of hydrogen-bond acceptors (Lipinski definition) is 3. The Hall–Kier alpha value is 0.0700. The third-order valence-corrected chi connectivity index (χ3v) is 4.51. The fourth-order valence-corrected chi connectivity index (χ4v) is 3.57. The number of likely N-dealkylation sites (tertiary alicyclic amines) is 1. The first kappa shape index (κ1) is 9.62. The fraction of sp³-hybridized carbons (Fsp3) is 1.00. The Labute approximate surface area is 82.1 Å². The Balaban J connectivity index is 1.84. The second-order valence-corrected chi connectivity index (χ2v) is 5.82. The van der Waals surface area contributed by atoms with E-state index in [0.29, 0.717) is 12.1 Å². The molecule has 2 fully saturated rings. The maximum atomic E-state index is 11.2. The molecule has 0 amide bonds. The van der Waals surface area contributed by atoms with Gasteiger partial charge >= 0.3 is 0 Å². The van der Waals surface area contributed by atoms with E-state index in [1.54, 1.807) is 0 Å². The molecule has 0 aromatic heterocycles. The molecule has 13 heavy (non-hydrogen) atoms. The lowest BCUT2D eigenvalue weighted by molar-refractivity contribution is 0.226. The zero-order valence-electron chi connectivity index (χ0n) is 7.95. The predicted molar refractivity (Wildman–Crippen MR) is 55.1 cm³/mol. The Bertz CT molecular complexity index is 200. The van der Waals surface area contributed by atoms with Crippen LogP contribution in [0.15, 0.2) is 0 Å². The molecule has 1 unspecified atom stereocenters. The quantitative estimate of drug-likeness (QED) is 0.647. The Morgan fingerprint density at radius 3 is 2.46 bits per heavy atom. The Kier molecular flexibility index (Phi) is 3.01.